The average Bonchev–Trinajstić information content (AvgIpc) is 3.45. The van der Waals surface area contributed by atoms with Crippen LogP contribution in [0.25, 0.3) is 10.8 Å². The van der Waals surface area contributed by atoms with Gasteiger partial charge in [-0.2, -0.15) is 0 Å². The normalized spacial score (nSPS) is 25.1. The molecular weight excluding hydrogens is 382 g/mol. The quantitative estimate of drug-likeness (QED) is 0.652. The molecule has 3 amide bonds. The summed E-state index contributed by atoms with van der Waals surface area (Å²) in [6, 6.07) is 18.1. The van der Waals surface area contributed by atoms with Gasteiger partial charge in [0.25, 0.3) is 5.91 Å². The number of hydrogen-bond donors (Lipinski definition) is 1. The zero-order chi connectivity index (χ0) is 20.0. The minimum Gasteiger partial charge on any atom is -0.319 e. The molecule has 5 nitrogen and oxygen atoms in total. The second kappa shape index (κ2) is 6.97. The Bertz CT molecular complexity index is 1080. The molecule has 148 valence electrons. The number of nitrogens with one attached hydrogen (secondary N) is 1. The topological polar surface area (TPSA) is 52.7 Å². The Hall–Kier alpha value is -2.70. The number of thiophene rings is 1. The lowest BCUT2D eigenvalue weighted by Crippen LogP contribution is -2.43. The van der Waals surface area contributed by atoms with Gasteiger partial charge in [-0.25, -0.2) is 9.69 Å². The minimum absolute atomic E-state index is 0.186. The van der Waals surface area contributed by atoms with Crippen molar-refractivity contribution < 1.29 is 9.59 Å². The molecule has 2 saturated heterocycles. The molecule has 2 aliphatic heterocycles. The van der Waals surface area contributed by atoms with Crippen molar-refractivity contribution in [2.45, 2.75) is 31.3 Å². The summed E-state index contributed by atoms with van der Waals surface area (Å²) in [6.07, 6.45) is 2.14. The lowest BCUT2D eigenvalue weighted by atomic mass is 9.90. The molecule has 0 spiro atoms. The number of rotatable bonds is 4. The van der Waals surface area contributed by atoms with Crippen LogP contribution in [0.2, 0.25) is 0 Å². The third-order valence-corrected chi connectivity index (χ3v) is 7.13. The van der Waals surface area contributed by atoms with Gasteiger partial charge in [0.05, 0.1) is 6.67 Å². The summed E-state index contributed by atoms with van der Waals surface area (Å²) in [5.74, 6) is -0.186. The van der Waals surface area contributed by atoms with Gasteiger partial charge < -0.3 is 5.32 Å². The van der Waals surface area contributed by atoms with E-state index in [1.807, 2.05) is 42.5 Å². The predicted molar refractivity (Wildman–Crippen MR) is 115 cm³/mol. The zero-order valence-electron chi connectivity index (χ0n) is 16.3. The maximum Gasteiger partial charge on any atom is 0.326 e. The van der Waals surface area contributed by atoms with Gasteiger partial charge >= 0.3 is 6.03 Å². The Morgan fingerprint density at radius 3 is 2.72 bits per heavy atom. The number of benzene rings is 2. The van der Waals surface area contributed by atoms with Crippen molar-refractivity contribution in [1.29, 1.82) is 0 Å². The molecule has 5 rings (SSSR count). The van der Waals surface area contributed by atoms with E-state index < -0.39 is 5.54 Å². The van der Waals surface area contributed by atoms with Crippen molar-refractivity contribution >= 4 is 34.0 Å². The second-order valence-corrected chi connectivity index (χ2v) is 8.96. The molecule has 1 aromatic heterocycles. The van der Waals surface area contributed by atoms with Gasteiger partial charge in [0, 0.05) is 17.5 Å². The number of urea groups is 1. The summed E-state index contributed by atoms with van der Waals surface area (Å²) in [6.45, 7) is 3.03. The van der Waals surface area contributed by atoms with Crippen LogP contribution in [-0.4, -0.2) is 35.0 Å². The molecule has 29 heavy (non-hydrogen) atoms. The van der Waals surface area contributed by atoms with Gasteiger partial charge in [0.1, 0.15) is 5.54 Å². The highest BCUT2D eigenvalue weighted by Gasteiger charge is 2.50. The van der Waals surface area contributed by atoms with Crippen LogP contribution >= 0.6 is 11.3 Å². The number of nitrogens with zero attached hydrogens (tertiary/aromatic N) is 2. The molecule has 3 aromatic rings. The molecule has 0 radical (unpaired) electrons. The number of likely N-dealkylation sites (tertiary alicyclic amines) is 1. The van der Waals surface area contributed by atoms with Crippen LogP contribution in [0, 0.1) is 0 Å². The van der Waals surface area contributed by atoms with Crippen LogP contribution in [0.15, 0.2) is 60.0 Å². The van der Waals surface area contributed by atoms with E-state index in [0.717, 1.165) is 35.7 Å². The summed E-state index contributed by atoms with van der Waals surface area (Å²) >= 11 is 1.74. The van der Waals surface area contributed by atoms with E-state index >= 15 is 0 Å². The first-order valence-electron chi connectivity index (χ1n) is 9.97. The van der Waals surface area contributed by atoms with Crippen LogP contribution in [0.1, 0.15) is 36.2 Å². The van der Waals surface area contributed by atoms with Crippen molar-refractivity contribution in [2.75, 3.05) is 13.2 Å². The van der Waals surface area contributed by atoms with Gasteiger partial charge in [-0.1, -0.05) is 42.5 Å². The smallest absolute Gasteiger partial charge is 0.319 e. The highest BCUT2D eigenvalue weighted by molar-refractivity contribution is 7.10. The Balaban J connectivity index is 1.41. The molecule has 1 N–H and O–H groups in total. The third-order valence-electron chi connectivity index (χ3n) is 6.16. The fraction of sp³-hybridized carbons (Fsp3) is 0.304. The first kappa shape index (κ1) is 18.3. The maximum absolute atomic E-state index is 13.4. The largest absolute Gasteiger partial charge is 0.326 e. The number of carbonyl (C=O) groups is 2. The molecule has 0 aliphatic carbocycles. The monoisotopic (exact) mass is 405 g/mol. The van der Waals surface area contributed by atoms with Gasteiger partial charge in [-0.3, -0.25) is 9.69 Å². The second-order valence-electron chi connectivity index (χ2n) is 7.98. The number of amides is 3. The summed E-state index contributed by atoms with van der Waals surface area (Å²) in [4.78, 5) is 31.1. The van der Waals surface area contributed by atoms with E-state index in [1.165, 1.54) is 9.78 Å². The van der Waals surface area contributed by atoms with Gasteiger partial charge in [0.15, 0.2) is 0 Å². The molecule has 0 bridgehead atoms. The van der Waals surface area contributed by atoms with Gasteiger partial charge in [0.2, 0.25) is 0 Å². The van der Waals surface area contributed by atoms with E-state index in [1.54, 1.807) is 18.3 Å². The molecule has 2 fully saturated rings. The maximum atomic E-state index is 13.4. The molecule has 2 aromatic carbocycles. The highest BCUT2D eigenvalue weighted by atomic mass is 32.1. The molecule has 2 atom stereocenters. The van der Waals surface area contributed by atoms with Crippen LogP contribution < -0.4 is 5.32 Å². The van der Waals surface area contributed by atoms with Crippen LogP contribution in [0.4, 0.5) is 4.79 Å². The van der Waals surface area contributed by atoms with E-state index in [-0.39, 0.29) is 18.0 Å². The fourth-order valence-electron chi connectivity index (χ4n) is 4.50. The molecule has 0 unspecified atom stereocenters. The summed E-state index contributed by atoms with van der Waals surface area (Å²) in [7, 11) is 0. The van der Waals surface area contributed by atoms with Crippen molar-refractivity contribution in [3.63, 3.8) is 0 Å². The first-order valence-corrected chi connectivity index (χ1v) is 10.8. The summed E-state index contributed by atoms with van der Waals surface area (Å²) < 4.78 is 0. The van der Waals surface area contributed by atoms with Crippen LogP contribution in [-0.2, 0) is 10.3 Å². The summed E-state index contributed by atoms with van der Waals surface area (Å²) in [5, 5.41) is 7.20. The Labute approximate surface area is 173 Å². The first-order chi connectivity index (χ1) is 14.1. The predicted octanol–water partition coefficient (Wildman–Crippen LogP) is 4.46. The molecule has 6 heteroatoms. The standard InChI is InChI=1S/C23H23N3O2S/c1-23(18-11-10-16-6-2-3-7-17(16)14-18)21(27)26(22(28)24-23)15-25-12-4-8-19(25)20-9-5-13-29-20/h2-3,5-7,9-11,13-14,19H,4,8,12,15H2,1H3,(H,24,28)/t19-,23+/m1/s1. The van der Waals surface area contributed by atoms with Crippen molar-refractivity contribution in [1.82, 2.24) is 15.1 Å². The highest BCUT2D eigenvalue weighted by Crippen LogP contribution is 2.36. The lowest BCUT2D eigenvalue weighted by Gasteiger charge is -2.28. The fourth-order valence-corrected chi connectivity index (χ4v) is 5.40. The third kappa shape index (κ3) is 3.03. The number of hydrogen-bond acceptors (Lipinski definition) is 4. The van der Waals surface area contributed by atoms with Crippen molar-refractivity contribution in [3.8, 4) is 0 Å². The SMILES string of the molecule is C[C@@]1(c2ccc3ccccc3c2)NC(=O)N(CN2CCC[C@@H]2c2cccs2)C1=O. The van der Waals surface area contributed by atoms with Crippen LogP contribution in [0.5, 0.6) is 0 Å². The van der Waals surface area contributed by atoms with E-state index in [0.29, 0.717) is 6.67 Å². The lowest BCUT2D eigenvalue weighted by molar-refractivity contribution is -0.132. The zero-order valence-corrected chi connectivity index (χ0v) is 17.1. The van der Waals surface area contributed by atoms with E-state index in [4.69, 9.17) is 0 Å². The number of fused-ring (bicyclic) bond motifs is 1. The Morgan fingerprint density at radius 1 is 1.10 bits per heavy atom. The van der Waals surface area contributed by atoms with Crippen molar-refractivity contribution in [2.24, 2.45) is 0 Å². The van der Waals surface area contributed by atoms with Crippen molar-refractivity contribution in [3.05, 3.63) is 70.4 Å². The molecule has 3 heterocycles. The van der Waals surface area contributed by atoms with Crippen LogP contribution in [0.3, 0.4) is 0 Å². The Kier molecular flexibility index (Phi) is 4.41. The minimum atomic E-state index is -1.04. The van der Waals surface area contributed by atoms with Gasteiger partial charge in [-0.05, 0) is 53.6 Å². The van der Waals surface area contributed by atoms with E-state index in [2.05, 4.69) is 27.7 Å². The molecular formula is C23H23N3O2S. The molecule has 2 aliphatic rings. The summed E-state index contributed by atoms with van der Waals surface area (Å²) in [5.41, 5.74) is -0.229. The number of carbonyl (C=O) groups excluding carboxylic acids is 2. The van der Waals surface area contributed by atoms with Gasteiger partial charge in [-0.15, -0.1) is 11.3 Å². The average molecular weight is 406 g/mol. The Morgan fingerprint density at radius 2 is 1.93 bits per heavy atom. The number of imide groups is 1. The molecule has 0 saturated carbocycles. The van der Waals surface area contributed by atoms with E-state index in [9.17, 15) is 9.59 Å².